The zero-order chi connectivity index (χ0) is 23.4. The van der Waals surface area contributed by atoms with Crippen LogP contribution in [-0.2, 0) is 23.8 Å². The number of carbonyl (C=O) groups is 3. The molecule has 0 bridgehead atoms. The van der Waals surface area contributed by atoms with Crippen molar-refractivity contribution in [1.29, 1.82) is 0 Å². The van der Waals surface area contributed by atoms with E-state index in [9.17, 15) is 19.2 Å². The predicted molar refractivity (Wildman–Crippen MR) is 124 cm³/mol. The normalized spacial score (nSPS) is 22.2. The lowest BCUT2D eigenvalue weighted by atomic mass is 10.2. The molecule has 1 aromatic carbocycles. The van der Waals surface area contributed by atoms with Crippen LogP contribution in [0.15, 0.2) is 41.3 Å². The molecule has 0 unspecified atom stereocenters. The largest absolute Gasteiger partial charge is 0.463 e. The molecule has 1 aliphatic rings. The lowest BCUT2D eigenvalue weighted by molar-refractivity contribution is -0.153. The maximum absolute atomic E-state index is 12.8. The molecule has 0 aliphatic carbocycles. The van der Waals surface area contributed by atoms with Gasteiger partial charge in [0, 0.05) is 25.6 Å². The second kappa shape index (κ2) is 10.5. The number of halogens is 2. The summed E-state index contributed by atoms with van der Waals surface area (Å²) in [4.78, 5) is 51.4. The average Bonchev–Trinajstić information content (AvgIpc) is 3.04. The molecule has 1 N–H and O–H groups in total. The molecule has 2 aromatic rings. The minimum atomic E-state index is -1.02. The summed E-state index contributed by atoms with van der Waals surface area (Å²) in [6.07, 6.45) is -1.12. The second-order valence-corrected chi connectivity index (χ2v) is 9.05. The van der Waals surface area contributed by atoms with Crippen molar-refractivity contribution in [2.75, 3.05) is 11.9 Å². The van der Waals surface area contributed by atoms with Crippen LogP contribution in [0.25, 0.3) is 0 Å². The number of anilines is 1. The van der Waals surface area contributed by atoms with E-state index in [4.69, 9.17) is 14.2 Å². The molecule has 170 valence electrons. The predicted octanol–water partition coefficient (Wildman–Crippen LogP) is 2.26. The highest BCUT2D eigenvalue weighted by Crippen LogP contribution is 2.36. The minimum Gasteiger partial charge on any atom is -0.463 e. The highest BCUT2D eigenvalue weighted by molar-refractivity contribution is 14.1. The van der Waals surface area contributed by atoms with Gasteiger partial charge in [0.05, 0.1) is 8.40 Å². The lowest BCUT2D eigenvalue weighted by Crippen LogP contribution is -2.37. The number of hydrogen-bond acceptors (Lipinski definition) is 8. The number of hydrogen-bond donors (Lipinski definition) is 1. The van der Waals surface area contributed by atoms with Crippen molar-refractivity contribution in [3.05, 3.63) is 56.1 Å². The van der Waals surface area contributed by atoms with Crippen LogP contribution in [0.3, 0.4) is 0 Å². The van der Waals surface area contributed by atoms with Gasteiger partial charge in [-0.2, -0.15) is 4.98 Å². The fourth-order valence-electron chi connectivity index (χ4n) is 3.05. The molecule has 1 aliphatic heterocycles. The van der Waals surface area contributed by atoms with Crippen LogP contribution in [0.5, 0.6) is 0 Å². The second-order valence-electron chi connectivity index (χ2n) is 6.83. The van der Waals surface area contributed by atoms with Gasteiger partial charge in [0.25, 0.3) is 5.91 Å². The molecule has 3 rings (SSSR count). The summed E-state index contributed by atoms with van der Waals surface area (Å²) >= 11 is 5.34. The SMILES string of the molecule is CC(=O)OC[C@H]1O[C@@H](n2cc(I)c(NC(=O)c3ccccc3)nc2=O)[C@H](OC(C)=O)[C@H]1Br. The van der Waals surface area contributed by atoms with Crippen molar-refractivity contribution in [2.45, 2.75) is 37.1 Å². The summed E-state index contributed by atoms with van der Waals surface area (Å²) in [5.41, 5.74) is -0.303. The monoisotopic (exact) mass is 619 g/mol. The number of aromatic nitrogens is 2. The zero-order valence-electron chi connectivity index (χ0n) is 17.0. The molecule has 0 radical (unpaired) electrons. The van der Waals surface area contributed by atoms with E-state index in [-0.39, 0.29) is 12.4 Å². The molecular formula is C20H19BrIN3O7. The Kier molecular flexibility index (Phi) is 8.00. The van der Waals surface area contributed by atoms with Gasteiger partial charge in [-0.3, -0.25) is 19.0 Å². The summed E-state index contributed by atoms with van der Waals surface area (Å²) in [6, 6.07) is 8.51. The molecule has 4 atom stereocenters. The lowest BCUT2D eigenvalue weighted by Gasteiger charge is -2.22. The standard InChI is InChI=1S/C20H19BrIN3O7/c1-10(26)30-9-14-15(21)16(31-11(2)27)19(32-14)25-8-13(22)17(24-20(25)29)23-18(28)12-6-4-3-5-7-12/h3-8,14-16,19H,9H2,1-2H3,(H,23,24,28,29)/t14-,15+,16-,19-/m1/s1. The Morgan fingerprint density at radius 2 is 1.91 bits per heavy atom. The number of nitrogens with one attached hydrogen (secondary N) is 1. The first-order valence-corrected chi connectivity index (χ1v) is 11.4. The van der Waals surface area contributed by atoms with Crippen LogP contribution >= 0.6 is 38.5 Å². The Morgan fingerprint density at radius 1 is 1.22 bits per heavy atom. The number of rotatable bonds is 6. The Morgan fingerprint density at radius 3 is 2.53 bits per heavy atom. The van der Waals surface area contributed by atoms with Gasteiger partial charge in [0.15, 0.2) is 18.1 Å². The number of alkyl halides is 1. The third kappa shape index (κ3) is 5.72. The number of esters is 2. The van der Waals surface area contributed by atoms with Crippen LogP contribution in [0.4, 0.5) is 5.82 Å². The van der Waals surface area contributed by atoms with Gasteiger partial charge in [-0.15, -0.1) is 0 Å². The molecule has 0 saturated carbocycles. The molecule has 1 fully saturated rings. The quantitative estimate of drug-likeness (QED) is 0.297. The van der Waals surface area contributed by atoms with Gasteiger partial charge in [0.1, 0.15) is 12.7 Å². The Bertz CT molecular complexity index is 1080. The maximum atomic E-state index is 12.8. The van der Waals surface area contributed by atoms with Crippen LogP contribution in [0.2, 0.25) is 0 Å². The van der Waals surface area contributed by atoms with E-state index < -0.39 is 46.8 Å². The van der Waals surface area contributed by atoms with Gasteiger partial charge in [-0.25, -0.2) is 4.79 Å². The Labute approximate surface area is 204 Å². The third-order valence-electron chi connectivity index (χ3n) is 4.47. The van der Waals surface area contributed by atoms with E-state index in [2.05, 4.69) is 26.2 Å². The molecule has 0 spiro atoms. The van der Waals surface area contributed by atoms with Crippen molar-refractivity contribution < 1.29 is 28.6 Å². The molecule has 1 saturated heterocycles. The number of carbonyl (C=O) groups excluding carboxylic acids is 3. The summed E-state index contributed by atoms with van der Waals surface area (Å²) < 4.78 is 17.9. The number of amides is 1. The molecule has 12 heteroatoms. The van der Waals surface area contributed by atoms with E-state index in [0.29, 0.717) is 9.13 Å². The minimum absolute atomic E-state index is 0.0922. The van der Waals surface area contributed by atoms with Crippen LogP contribution < -0.4 is 11.0 Å². The Balaban J connectivity index is 1.87. The summed E-state index contributed by atoms with van der Waals surface area (Å²) in [5.74, 6) is -1.38. The molecule has 2 heterocycles. The molecule has 1 amide bonds. The molecule has 10 nitrogen and oxygen atoms in total. The van der Waals surface area contributed by atoms with Crippen molar-refractivity contribution in [1.82, 2.24) is 9.55 Å². The highest BCUT2D eigenvalue weighted by Gasteiger charge is 2.47. The maximum Gasteiger partial charge on any atom is 0.351 e. The van der Waals surface area contributed by atoms with E-state index in [1.807, 2.05) is 22.6 Å². The third-order valence-corrected chi connectivity index (χ3v) is 6.37. The average molecular weight is 620 g/mol. The summed E-state index contributed by atoms with van der Waals surface area (Å²) in [6.45, 7) is 2.41. The fraction of sp³-hybridized carbons (Fsp3) is 0.350. The number of ether oxygens (including phenoxy) is 3. The number of nitrogens with zero attached hydrogens (tertiary/aromatic N) is 2. The first-order valence-electron chi connectivity index (χ1n) is 9.42. The zero-order valence-corrected chi connectivity index (χ0v) is 20.7. The topological polar surface area (TPSA) is 126 Å². The smallest absolute Gasteiger partial charge is 0.351 e. The van der Waals surface area contributed by atoms with E-state index >= 15 is 0 Å². The first kappa shape index (κ1) is 24.3. The van der Waals surface area contributed by atoms with E-state index in [1.165, 1.54) is 24.6 Å². The van der Waals surface area contributed by atoms with Crippen LogP contribution in [0.1, 0.15) is 30.4 Å². The molecule has 32 heavy (non-hydrogen) atoms. The first-order chi connectivity index (χ1) is 15.2. The molecule has 1 aromatic heterocycles. The summed E-state index contributed by atoms with van der Waals surface area (Å²) in [7, 11) is 0. The summed E-state index contributed by atoms with van der Waals surface area (Å²) in [5, 5.41) is 2.62. The van der Waals surface area contributed by atoms with E-state index in [1.54, 1.807) is 30.3 Å². The van der Waals surface area contributed by atoms with Crippen LogP contribution in [-0.4, -0.2) is 51.0 Å². The van der Waals surface area contributed by atoms with Gasteiger partial charge < -0.3 is 19.5 Å². The van der Waals surface area contributed by atoms with Crippen molar-refractivity contribution in [3.63, 3.8) is 0 Å². The van der Waals surface area contributed by atoms with Crippen molar-refractivity contribution in [3.8, 4) is 0 Å². The van der Waals surface area contributed by atoms with Crippen molar-refractivity contribution in [2.24, 2.45) is 0 Å². The highest BCUT2D eigenvalue weighted by atomic mass is 127. The van der Waals surface area contributed by atoms with Crippen molar-refractivity contribution >= 4 is 62.2 Å². The van der Waals surface area contributed by atoms with Gasteiger partial charge in [-0.05, 0) is 34.7 Å². The number of benzene rings is 1. The van der Waals surface area contributed by atoms with Gasteiger partial charge >= 0.3 is 17.6 Å². The molecular weight excluding hydrogens is 601 g/mol. The van der Waals surface area contributed by atoms with Gasteiger partial charge in [-0.1, -0.05) is 34.1 Å². The van der Waals surface area contributed by atoms with Crippen LogP contribution in [0, 0.1) is 3.57 Å². The van der Waals surface area contributed by atoms with E-state index in [0.717, 1.165) is 0 Å². The van der Waals surface area contributed by atoms with Gasteiger partial charge in [0.2, 0.25) is 0 Å². The fourth-order valence-corrected chi connectivity index (χ4v) is 4.26. The Hall–Kier alpha value is -2.32.